The number of hydrogen-bond acceptors (Lipinski definition) is 5. The Morgan fingerprint density at radius 2 is 1.89 bits per heavy atom. The van der Waals surface area contributed by atoms with Crippen LogP contribution in [0.4, 0.5) is 13.2 Å². The van der Waals surface area contributed by atoms with E-state index in [1.807, 2.05) is 16.7 Å². The Hall–Kier alpha value is -4.10. The van der Waals surface area contributed by atoms with Gasteiger partial charge >= 0.3 is 6.18 Å². The molecule has 0 atom stereocenters. The number of nitriles is 1. The van der Waals surface area contributed by atoms with Gasteiger partial charge in [0.1, 0.15) is 17.6 Å². The zero-order valence-electron chi connectivity index (χ0n) is 18.0. The molecule has 11 heteroatoms. The highest BCUT2D eigenvalue weighted by Gasteiger charge is 2.29. The largest absolute Gasteiger partial charge is 0.483 e. The fraction of sp³-hybridized carbons (Fsp3) is 0.167. The number of alkyl halides is 3. The molecule has 0 radical (unpaired) electrons. The molecule has 1 aromatic carbocycles. The van der Waals surface area contributed by atoms with Crippen LogP contribution in [0.25, 0.3) is 5.82 Å². The number of halogens is 4. The van der Waals surface area contributed by atoms with Crippen LogP contribution in [0.2, 0.25) is 5.02 Å². The molecule has 0 unspecified atom stereocenters. The Morgan fingerprint density at radius 1 is 1.09 bits per heavy atom. The molecular weight excluding hydrogens is 483 g/mol. The monoisotopic (exact) mass is 499 g/mol. The Balaban J connectivity index is 1.50. The molecule has 4 rings (SSSR count). The molecule has 0 spiro atoms. The van der Waals surface area contributed by atoms with Crippen molar-refractivity contribution in [3.63, 3.8) is 0 Å². The number of benzene rings is 1. The molecule has 7 nitrogen and oxygen atoms in total. The van der Waals surface area contributed by atoms with Crippen LogP contribution in [0.15, 0.2) is 72.2 Å². The van der Waals surface area contributed by atoms with E-state index in [0.717, 1.165) is 11.3 Å². The van der Waals surface area contributed by atoms with Gasteiger partial charge in [0, 0.05) is 43.3 Å². The highest BCUT2D eigenvalue weighted by Crippen LogP contribution is 2.24. The van der Waals surface area contributed by atoms with Gasteiger partial charge in [-0.3, -0.25) is 9.36 Å². The average molecular weight is 500 g/mol. The number of aromatic nitrogens is 4. The molecule has 0 aliphatic rings. The van der Waals surface area contributed by atoms with Crippen LogP contribution in [0.1, 0.15) is 22.4 Å². The third-order valence-corrected chi connectivity index (χ3v) is 5.25. The minimum atomic E-state index is -4.51. The van der Waals surface area contributed by atoms with Crippen molar-refractivity contribution in [3.8, 4) is 17.6 Å². The summed E-state index contributed by atoms with van der Waals surface area (Å²) in [5.74, 6) is 0.304. The Morgan fingerprint density at radius 3 is 2.60 bits per heavy atom. The summed E-state index contributed by atoms with van der Waals surface area (Å²) in [5.41, 5.74) is 2.11. The molecule has 0 amide bonds. The number of imidazole rings is 1. The van der Waals surface area contributed by atoms with Gasteiger partial charge in [-0.05, 0) is 35.4 Å². The molecule has 0 bridgehead atoms. The minimum Gasteiger partial charge on any atom is -0.483 e. The van der Waals surface area contributed by atoms with Crippen molar-refractivity contribution in [2.75, 3.05) is 6.61 Å². The first-order valence-corrected chi connectivity index (χ1v) is 10.6. The lowest BCUT2D eigenvalue weighted by Crippen LogP contribution is -2.19. The van der Waals surface area contributed by atoms with Crippen LogP contribution in [-0.2, 0) is 13.0 Å². The van der Waals surface area contributed by atoms with E-state index in [-0.39, 0.29) is 16.9 Å². The van der Waals surface area contributed by atoms with E-state index >= 15 is 0 Å². The fourth-order valence-electron chi connectivity index (χ4n) is 3.38. The van der Waals surface area contributed by atoms with Gasteiger partial charge in [-0.15, -0.1) is 0 Å². The highest BCUT2D eigenvalue weighted by molar-refractivity contribution is 6.30. The first-order chi connectivity index (χ1) is 16.7. The van der Waals surface area contributed by atoms with E-state index in [4.69, 9.17) is 21.6 Å². The van der Waals surface area contributed by atoms with Gasteiger partial charge in [-0.1, -0.05) is 23.7 Å². The molecule has 3 heterocycles. The second kappa shape index (κ2) is 10.0. The van der Waals surface area contributed by atoms with Crippen LogP contribution in [-0.4, -0.2) is 31.9 Å². The lowest BCUT2D eigenvalue weighted by Gasteiger charge is -2.13. The number of hydrogen-bond donors (Lipinski definition) is 0. The molecule has 4 aromatic rings. The maximum atomic E-state index is 12.6. The molecular formula is C24H17ClF3N5O2. The molecule has 0 N–H and O–H groups in total. The van der Waals surface area contributed by atoms with Gasteiger partial charge in [0.2, 0.25) is 0 Å². The van der Waals surface area contributed by atoms with Crippen molar-refractivity contribution < 1.29 is 17.9 Å². The van der Waals surface area contributed by atoms with E-state index in [2.05, 4.69) is 9.97 Å². The third kappa shape index (κ3) is 6.07. The summed E-state index contributed by atoms with van der Waals surface area (Å²) in [6.07, 6.45) is 2.39. The first kappa shape index (κ1) is 24.0. The highest BCUT2D eigenvalue weighted by atomic mass is 35.5. The van der Waals surface area contributed by atoms with Crippen molar-refractivity contribution in [1.29, 1.82) is 5.26 Å². The number of ether oxygens (including phenoxy) is 1. The smallest absolute Gasteiger partial charge is 0.422 e. The number of rotatable bonds is 7. The van der Waals surface area contributed by atoms with Crippen LogP contribution < -0.4 is 10.3 Å². The summed E-state index contributed by atoms with van der Waals surface area (Å²) in [5, 5.41) is 9.58. The standard InChI is InChI=1S/C24H17ClF3N5O2/c25-19-4-6-23(34)33(13-19)22-5-2-16(10-31-22)7-20-11-30-15-32(20)12-17-1-3-18(9-29)21(8-17)35-14-24(26,27)28/h1-6,8,10-11,13,15H,7,12,14H2. The van der Waals surface area contributed by atoms with Gasteiger partial charge in [-0.2, -0.15) is 18.4 Å². The summed E-state index contributed by atoms with van der Waals surface area (Å²) in [6.45, 7) is -1.17. The molecule has 35 heavy (non-hydrogen) atoms. The first-order valence-electron chi connectivity index (χ1n) is 10.3. The summed E-state index contributed by atoms with van der Waals surface area (Å²) in [7, 11) is 0. The van der Waals surface area contributed by atoms with Crippen LogP contribution >= 0.6 is 11.6 Å². The summed E-state index contributed by atoms with van der Waals surface area (Å²) >= 11 is 5.97. The molecule has 0 saturated carbocycles. The van der Waals surface area contributed by atoms with E-state index in [0.29, 0.717) is 29.4 Å². The summed E-state index contributed by atoms with van der Waals surface area (Å²) in [6, 6.07) is 12.8. The van der Waals surface area contributed by atoms with Crippen LogP contribution in [0, 0.1) is 11.3 Å². The third-order valence-electron chi connectivity index (χ3n) is 5.03. The second-order valence-electron chi connectivity index (χ2n) is 7.62. The summed E-state index contributed by atoms with van der Waals surface area (Å²) < 4.78 is 45.7. The Kier molecular flexibility index (Phi) is 6.89. The zero-order chi connectivity index (χ0) is 25.0. The Bertz CT molecular complexity index is 1440. The van der Waals surface area contributed by atoms with Gasteiger partial charge in [0.15, 0.2) is 6.61 Å². The maximum Gasteiger partial charge on any atom is 0.422 e. The van der Waals surface area contributed by atoms with Crippen molar-refractivity contribution in [1.82, 2.24) is 19.1 Å². The van der Waals surface area contributed by atoms with Crippen molar-refractivity contribution in [2.24, 2.45) is 0 Å². The van der Waals surface area contributed by atoms with E-state index in [1.54, 1.807) is 30.9 Å². The Labute approximate surface area is 202 Å². The average Bonchev–Trinajstić information content (AvgIpc) is 3.26. The quantitative estimate of drug-likeness (QED) is 0.373. The molecule has 0 fully saturated rings. The molecule has 0 saturated heterocycles. The van der Waals surface area contributed by atoms with E-state index in [9.17, 15) is 18.0 Å². The molecule has 0 aliphatic heterocycles. The SMILES string of the molecule is N#Cc1ccc(Cn2cncc2Cc2ccc(-n3cc(Cl)ccc3=O)nc2)cc1OCC(F)(F)F. The lowest BCUT2D eigenvalue weighted by molar-refractivity contribution is -0.153. The summed E-state index contributed by atoms with van der Waals surface area (Å²) in [4.78, 5) is 20.6. The normalized spacial score (nSPS) is 11.3. The topological polar surface area (TPSA) is 85.7 Å². The lowest BCUT2D eigenvalue weighted by atomic mass is 10.1. The van der Waals surface area contributed by atoms with Crippen LogP contribution in [0.5, 0.6) is 5.75 Å². The number of nitrogens with zero attached hydrogens (tertiary/aromatic N) is 5. The second-order valence-corrected chi connectivity index (χ2v) is 8.05. The van der Waals surface area contributed by atoms with E-state index in [1.165, 1.54) is 35.0 Å². The number of pyridine rings is 2. The van der Waals surface area contributed by atoms with Gasteiger partial charge in [0.05, 0.1) is 16.9 Å². The predicted molar refractivity (Wildman–Crippen MR) is 122 cm³/mol. The van der Waals surface area contributed by atoms with Crippen molar-refractivity contribution in [2.45, 2.75) is 19.1 Å². The van der Waals surface area contributed by atoms with E-state index < -0.39 is 12.8 Å². The predicted octanol–water partition coefficient (Wildman–Crippen LogP) is 4.53. The van der Waals surface area contributed by atoms with Crippen molar-refractivity contribution in [3.05, 3.63) is 105 Å². The van der Waals surface area contributed by atoms with Crippen LogP contribution in [0.3, 0.4) is 0 Å². The maximum absolute atomic E-state index is 12.6. The van der Waals surface area contributed by atoms with Crippen molar-refractivity contribution >= 4 is 11.6 Å². The molecule has 3 aromatic heterocycles. The van der Waals surface area contributed by atoms with Gasteiger partial charge in [0.25, 0.3) is 5.56 Å². The molecule has 0 aliphatic carbocycles. The zero-order valence-corrected chi connectivity index (χ0v) is 18.8. The minimum absolute atomic E-state index is 0.0221. The van der Waals surface area contributed by atoms with Gasteiger partial charge in [-0.25, -0.2) is 9.97 Å². The fourth-order valence-corrected chi connectivity index (χ4v) is 3.54. The molecule has 178 valence electrons. The van der Waals surface area contributed by atoms with Gasteiger partial charge < -0.3 is 9.30 Å².